The van der Waals surface area contributed by atoms with Crippen molar-refractivity contribution >= 4 is 46.6 Å². The van der Waals surface area contributed by atoms with Crippen molar-refractivity contribution < 1.29 is 9.59 Å². The molecule has 0 bridgehead atoms. The molecule has 2 aromatic carbocycles. The normalized spacial score (nSPS) is 11.1. The molecule has 0 heterocycles. The van der Waals surface area contributed by atoms with Gasteiger partial charge < -0.3 is 5.32 Å². The highest BCUT2D eigenvalue weighted by Gasteiger charge is 2.04. The second-order valence-corrected chi connectivity index (χ2v) is 7.04. The van der Waals surface area contributed by atoms with E-state index in [1.54, 1.807) is 13.0 Å². The summed E-state index contributed by atoms with van der Waals surface area (Å²) in [7, 11) is 0. The van der Waals surface area contributed by atoms with Crippen LogP contribution in [-0.4, -0.2) is 23.3 Å². The minimum Gasteiger partial charge on any atom is -0.326 e. The SMILES string of the molecule is CC(=O)Nc1cccc(/C(C)=N\NC(=O)CSCc2ccc(Cl)cc2)c1. The van der Waals surface area contributed by atoms with E-state index in [1.165, 1.54) is 18.7 Å². The van der Waals surface area contributed by atoms with Crippen molar-refractivity contribution in [2.45, 2.75) is 19.6 Å². The molecule has 136 valence electrons. The third kappa shape index (κ3) is 6.90. The van der Waals surface area contributed by atoms with Crippen LogP contribution < -0.4 is 10.7 Å². The van der Waals surface area contributed by atoms with Gasteiger partial charge in [-0.15, -0.1) is 11.8 Å². The first-order valence-electron chi connectivity index (χ1n) is 7.97. The predicted molar refractivity (Wildman–Crippen MR) is 109 cm³/mol. The van der Waals surface area contributed by atoms with Crippen LogP contribution in [-0.2, 0) is 15.3 Å². The van der Waals surface area contributed by atoms with E-state index in [1.807, 2.05) is 42.5 Å². The van der Waals surface area contributed by atoms with Crippen molar-refractivity contribution in [2.24, 2.45) is 5.10 Å². The molecular weight excluding hydrogens is 370 g/mol. The number of hydrogen-bond donors (Lipinski definition) is 2. The molecule has 0 unspecified atom stereocenters. The number of hydrazone groups is 1. The highest BCUT2D eigenvalue weighted by molar-refractivity contribution is 7.99. The minimum absolute atomic E-state index is 0.136. The van der Waals surface area contributed by atoms with Gasteiger partial charge in [-0.2, -0.15) is 5.10 Å². The maximum absolute atomic E-state index is 11.9. The quantitative estimate of drug-likeness (QED) is 0.553. The molecule has 2 amide bonds. The van der Waals surface area contributed by atoms with Gasteiger partial charge >= 0.3 is 0 Å². The first-order chi connectivity index (χ1) is 12.4. The van der Waals surface area contributed by atoms with E-state index in [-0.39, 0.29) is 11.8 Å². The Morgan fingerprint density at radius 2 is 1.85 bits per heavy atom. The number of benzene rings is 2. The zero-order valence-electron chi connectivity index (χ0n) is 14.6. The number of anilines is 1. The van der Waals surface area contributed by atoms with Crippen LogP contribution in [0.15, 0.2) is 53.6 Å². The number of amides is 2. The Labute approximate surface area is 162 Å². The summed E-state index contributed by atoms with van der Waals surface area (Å²) >= 11 is 7.35. The lowest BCUT2D eigenvalue weighted by Gasteiger charge is -2.06. The number of carbonyl (C=O) groups excluding carboxylic acids is 2. The molecule has 0 radical (unpaired) electrons. The van der Waals surface area contributed by atoms with E-state index in [9.17, 15) is 9.59 Å². The van der Waals surface area contributed by atoms with E-state index in [0.29, 0.717) is 22.2 Å². The fourth-order valence-corrected chi connectivity index (χ4v) is 3.02. The van der Waals surface area contributed by atoms with Crippen molar-refractivity contribution in [1.82, 2.24) is 5.43 Å². The van der Waals surface area contributed by atoms with Gasteiger partial charge in [-0.3, -0.25) is 9.59 Å². The molecule has 2 rings (SSSR count). The Morgan fingerprint density at radius 1 is 1.12 bits per heavy atom. The number of hydrogen-bond acceptors (Lipinski definition) is 4. The maximum Gasteiger partial charge on any atom is 0.250 e. The largest absolute Gasteiger partial charge is 0.326 e. The Hall–Kier alpha value is -2.31. The number of rotatable bonds is 7. The van der Waals surface area contributed by atoms with Crippen LogP contribution in [0.1, 0.15) is 25.0 Å². The van der Waals surface area contributed by atoms with E-state index in [4.69, 9.17) is 11.6 Å². The zero-order chi connectivity index (χ0) is 18.9. The average molecular weight is 390 g/mol. The second kappa shape index (κ2) is 9.99. The summed E-state index contributed by atoms with van der Waals surface area (Å²) in [6.07, 6.45) is 0. The van der Waals surface area contributed by atoms with Crippen LogP contribution in [0, 0.1) is 0 Å². The lowest BCUT2D eigenvalue weighted by molar-refractivity contribution is -0.118. The second-order valence-electron chi connectivity index (χ2n) is 5.61. The van der Waals surface area contributed by atoms with Crippen molar-refractivity contribution in [3.63, 3.8) is 0 Å². The molecule has 2 N–H and O–H groups in total. The van der Waals surface area contributed by atoms with Crippen molar-refractivity contribution in [3.05, 3.63) is 64.7 Å². The number of thioether (sulfide) groups is 1. The summed E-state index contributed by atoms with van der Waals surface area (Å²) in [5.74, 6) is 0.737. The molecule has 26 heavy (non-hydrogen) atoms. The van der Waals surface area contributed by atoms with Gasteiger partial charge in [0.2, 0.25) is 11.8 Å². The smallest absolute Gasteiger partial charge is 0.250 e. The van der Waals surface area contributed by atoms with E-state index < -0.39 is 0 Å². The summed E-state index contributed by atoms with van der Waals surface area (Å²) < 4.78 is 0. The molecule has 0 saturated heterocycles. The van der Waals surface area contributed by atoms with Gasteiger partial charge in [0.1, 0.15) is 0 Å². The zero-order valence-corrected chi connectivity index (χ0v) is 16.2. The standard InChI is InChI=1S/C19H20ClN3O2S/c1-13(16-4-3-5-18(10-16)21-14(2)24)22-23-19(25)12-26-11-15-6-8-17(20)9-7-15/h3-10H,11-12H2,1-2H3,(H,21,24)(H,23,25)/b22-13-. The van der Waals surface area contributed by atoms with Gasteiger partial charge in [0.05, 0.1) is 11.5 Å². The van der Waals surface area contributed by atoms with Crippen LogP contribution in [0.4, 0.5) is 5.69 Å². The molecule has 0 fully saturated rings. The Morgan fingerprint density at radius 3 is 2.54 bits per heavy atom. The Balaban J connectivity index is 1.83. The van der Waals surface area contributed by atoms with E-state index in [2.05, 4.69) is 15.8 Å². The highest BCUT2D eigenvalue weighted by Crippen LogP contribution is 2.15. The van der Waals surface area contributed by atoms with Gasteiger partial charge in [0.25, 0.3) is 0 Å². The van der Waals surface area contributed by atoms with Crippen LogP contribution >= 0.6 is 23.4 Å². The van der Waals surface area contributed by atoms with E-state index in [0.717, 1.165) is 16.9 Å². The fourth-order valence-electron chi connectivity index (χ4n) is 2.11. The minimum atomic E-state index is -0.165. The van der Waals surface area contributed by atoms with Crippen molar-refractivity contribution in [3.8, 4) is 0 Å². The number of nitrogens with zero attached hydrogens (tertiary/aromatic N) is 1. The third-order valence-electron chi connectivity index (χ3n) is 3.36. The topological polar surface area (TPSA) is 70.6 Å². The lowest BCUT2D eigenvalue weighted by atomic mass is 10.1. The molecular formula is C19H20ClN3O2S. The molecule has 0 spiro atoms. The van der Waals surface area contributed by atoms with Crippen molar-refractivity contribution in [1.29, 1.82) is 0 Å². The number of nitrogens with one attached hydrogen (secondary N) is 2. The fraction of sp³-hybridized carbons (Fsp3) is 0.211. The number of carbonyl (C=O) groups is 2. The van der Waals surface area contributed by atoms with Gasteiger partial charge in [-0.1, -0.05) is 35.9 Å². The maximum atomic E-state index is 11.9. The molecule has 0 aliphatic heterocycles. The van der Waals surface area contributed by atoms with Crippen molar-refractivity contribution in [2.75, 3.05) is 11.1 Å². The molecule has 7 heteroatoms. The molecule has 0 atom stereocenters. The highest BCUT2D eigenvalue weighted by atomic mass is 35.5. The predicted octanol–water partition coefficient (Wildman–Crippen LogP) is 4.07. The van der Waals surface area contributed by atoms with Crippen LogP contribution in [0.25, 0.3) is 0 Å². The average Bonchev–Trinajstić information content (AvgIpc) is 2.61. The first kappa shape index (κ1) is 20.0. The van der Waals surface area contributed by atoms with Gasteiger partial charge in [-0.25, -0.2) is 5.43 Å². The van der Waals surface area contributed by atoms with Crippen LogP contribution in [0.2, 0.25) is 5.02 Å². The molecule has 2 aromatic rings. The Kier molecular flexibility index (Phi) is 7.69. The summed E-state index contributed by atoms with van der Waals surface area (Å²) in [6, 6.07) is 14.8. The molecule has 5 nitrogen and oxygen atoms in total. The summed E-state index contributed by atoms with van der Waals surface area (Å²) in [6.45, 7) is 3.25. The lowest BCUT2D eigenvalue weighted by Crippen LogP contribution is -2.21. The molecule has 0 saturated carbocycles. The Bertz CT molecular complexity index is 807. The molecule has 0 aromatic heterocycles. The summed E-state index contributed by atoms with van der Waals surface area (Å²) in [5.41, 5.74) is 5.84. The molecule has 0 aliphatic rings. The third-order valence-corrected chi connectivity index (χ3v) is 4.62. The van der Waals surface area contributed by atoms with Gasteiger partial charge in [-0.05, 0) is 42.3 Å². The van der Waals surface area contributed by atoms with Gasteiger partial charge in [0, 0.05) is 23.4 Å². The first-order valence-corrected chi connectivity index (χ1v) is 9.50. The van der Waals surface area contributed by atoms with E-state index >= 15 is 0 Å². The van der Waals surface area contributed by atoms with Crippen LogP contribution in [0.3, 0.4) is 0 Å². The molecule has 0 aliphatic carbocycles. The monoisotopic (exact) mass is 389 g/mol. The number of halogens is 1. The van der Waals surface area contributed by atoms with Gasteiger partial charge in [0.15, 0.2) is 0 Å². The van der Waals surface area contributed by atoms with Crippen LogP contribution in [0.5, 0.6) is 0 Å². The summed E-state index contributed by atoms with van der Waals surface area (Å²) in [5, 5.41) is 7.54. The summed E-state index contributed by atoms with van der Waals surface area (Å²) in [4.78, 5) is 23.0.